The van der Waals surface area contributed by atoms with Crippen molar-refractivity contribution < 1.29 is 27.1 Å². The van der Waals surface area contributed by atoms with Gasteiger partial charge in [-0.3, -0.25) is 4.79 Å². The smallest absolute Gasteiger partial charge is 0.406 e. The number of aromatic nitrogens is 1. The molecule has 11 heteroatoms. The Labute approximate surface area is 237 Å². The summed E-state index contributed by atoms with van der Waals surface area (Å²) in [5.74, 6) is 4.58. The van der Waals surface area contributed by atoms with Crippen molar-refractivity contribution in [3.8, 4) is 17.6 Å². The van der Waals surface area contributed by atoms with E-state index < -0.39 is 24.4 Å². The lowest BCUT2D eigenvalue weighted by molar-refractivity contribution is -0.140. The molecule has 41 heavy (non-hydrogen) atoms. The van der Waals surface area contributed by atoms with Crippen LogP contribution in [0.1, 0.15) is 41.7 Å². The molecule has 1 fully saturated rings. The first-order chi connectivity index (χ1) is 19.5. The highest BCUT2D eigenvalue weighted by Crippen LogP contribution is 2.33. The molecule has 7 nitrogen and oxygen atoms in total. The van der Waals surface area contributed by atoms with Gasteiger partial charge in [0.2, 0.25) is 0 Å². The number of hydrogen-bond donors (Lipinski definition) is 3. The van der Waals surface area contributed by atoms with Gasteiger partial charge in [-0.2, -0.15) is 13.2 Å². The van der Waals surface area contributed by atoms with E-state index >= 15 is 0 Å². The standard InChI is InChI=1S/C30H35F4N5O2/c1-35-29(40)22-16-28(41-4)26(17-24(22)31)36-14-6-7-21-15-23-25(37-19-10-12-20(13-11-19)38(2)3)8-5-9-27(23)39(21)18-30(32,33)34/h5,8-9,15-17,19-20,36-37H,10-14,18H2,1-4H3,(H,35,40)/t19-,20+. The summed E-state index contributed by atoms with van der Waals surface area (Å²) in [6, 6.07) is 10.2. The molecule has 220 valence electrons. The molecule has 3 N–H and O–H groups in total. The lowest BCUT2D eigenvalue weighted by atomic mass is 9.90. The zero-order chi connectivity index (χ0) is 29.7. The van der Waals surface area contributed by atoms with Crippen molar-refractivity contribution >= 4 is 28.2 Å². The normalized spacial score (nSPS) is 17.2. The topological polar surface area (TPSA) is 70.6 Å². The molecular formula is C30H35F4N5O2. The van der Waals surface area contributed by atoms with Gasteiger partial charge in [-0.1, -0.05) is 12.0 Å². The molecule has 0 atom stereocenters. The van der Waals surface area contributed by atoms with Crippen LogP contribution in [0.5, 0.6) is 5.75 Å². The number of rotatable bonds is 8. The number of benzene rings is 2. The Morgan fingerprint density at radius 1 is 1.12 bits per heavy atom. The van der Waals surface area contributed by atoms with Gasteiger partial charge in [0.1, 0.15) is 18.1 Å². The van der Waals surface area contributed by atoms with E-state index in [0.717, 1.165) is 37.4 Å². The first-order valence-corrected chi connectivity index (χ1v) is 13.4. The van der Waals surface area contributed by atoms with Gasteiger partial charge in [-0.05, 0) is 70.0 Å². The highest BCUT2D eigenvalue weighted by atomic mass is 19.4. The maximum absolute atomic E-state index is 14.5. The summed E-state index contributed by atoms with van der Waals surface area (Å²) in [7, 11) is 6.94. The third-order valence-electron chi connectivity index (χ3n) is 7.41. The minimum atomic E-state index is -4.44. The number of nitrogens with zero attached hydrogens (tertiary/aromatic N) is 2. The van der Waals surface area contributed by atoms with Crippen LogP contribution in [-0.4, -0.2) is 68.4 Å². The quantitative estimate of drug-likeness (QED) is 0.247. The number of carbonyl (C=O) groups is 1. The van der Waals surface area contributed by atoms with E-state index in [1.54, 1.807) is 18.2 Å². The van der Waals surface area contributed by atoms with Crippen molar-refractivity contribution in [1.29, 1.82) is 0 Å². The van der Waals surface area contributed by atoms with E-state index in [1.165, 1.54) is 24.8 Å². The summed E-state index contributed by atoms with van der Waals surface area (Å²) in [5, 5.41) is 9.52. The predicted molar refractivity (Wildman–Crippen MR) is 153 cm³/mol. The van der Waals surface area contributed by atoms with E-state index in [9.17, 15) is 22.4 Å². The number of carbonyl (C=O) groups excluding carboxylic acids is 1. The third kappa shape index (κ3) is 7.24. The van der Waals surface area contributed by atoms with Gasteiger partial charge in [0.05, 0.1) is 36.1 Å². The summed E-state index contributed by atoms with van der Waals surface area (Å²) in [5.41, 5.74) is 1.54. The van der Waals surface area contributed by atoms with Crippen molar-refractivity contribution in [2.75, 3.05) is 45.4 Å². The first kappa shape index (κ1) is 30.1. The largest absolute Gasteiger partial charge is 0.495 e. The molecule has 2 aromatic carbocycles. The Morgan fingerprint density at radius 2 is 1.85 bits per heavy atom. The zero-order valence-electron chi connectivity index (χ0n) is 23.6. The SMILES string of the molecule is CNC(=O)c1cc(OC)c(NCC#Cc2cc3c(N[C@H]4CC[C@@H](N(C)C)CC4)cccc3n2CC(F)(F)F)cc1F. The van der Waals surface area contributed by atoms with Crippen LogP contribution in [0, 0.1) is 17.7 Å². The average molecular weight is 574 g/mol. The Hall–Kier alpha value is -3.91. The minimum Gasteiger partial charge on any atom is -0.495 e. The van der Waals surface area contributed by atoms with Gasteiger partial charge in [0, 0.05) is 36.3 Å². The number of methoxy groups -OCH3 is 1. The maximum atomic E-state index is 14.5. The molecular weight excluding hydrogens is 538 g/mol. The van der Waals surface area contributed by atoms with E-state index in [1.807, 2.05) is 6.07 Å². The average Bonchev–Trinajstić information content (AvgIpc) is 3.27. The fourth-order valence-corrected chi connectivity index (χ4v) is 5.26. The van der Waals surface area contributed by atoms with Gasteiger partial charge >= 0.3 is 6.18 Å². The molecule has 0 unspecified atom stereocenters. The lowest BCUT2D eigenvalue weighted by Crippen LogP contribution is -2.36. The Bertz CT molecular complexity index is 1450. The number of nitrogens with one attached hydrogen (secondary N) is 3. The molecule has 4 rings (SSSR count). The number of anilines is 2. The summed E-state index contributed by atoms with van der Waals surface area (Å²) in [6.07, 6.45) is -0.360. The molecule has 1 aliphatic rings. The van der Waals surface area contributed by atoms with E-state index in [2.05, 4.69) is 46.8 Å². The lowest BCUT2D eigenvalue weighted by Gasteiger charge is -2.33. The number of ether oxygens (including phenoxy) is 1. The number of amides is 1. The van der Waals surface area contributed by atoms with E-state index in [4.69, 9.17) is 4.74 Å². The van der Waals surface area contributed by atoms with E-state index in [0.29, 0.717) is 16.9 Å². The Kier molecular flexibility index (Phi) is 9.33. The predicted octanol–water partition coefficient (Wildman–Crippen LogP) is 5.46. The Morgan fingerprint density at radius 3 is 2.49 bits per heavy atom. The molecule has 1 saturated carbocycles. The van der Waals surface area contributed by atoms with Gasteiger partial charge in [-0.15, -0.1) is 0 Å². The van der Waals surface area contributed by atoms with Crippen LogP contribution >= 0.6 is 0 Å². The number of hydrogen-bond acceptors (Lipinski definition) is 5. The summed E-state index contributed by atoms with van der Waals surface area (Å²) >= 11 is 0. The van der Waals surface area contributed by atoms with Crippen LogP contribution in [0.4, 0.5) is 28.9 Å². The molecule has 1 aliphatic carbocycles. The fourth-order valence-electron chi connectivity index (χ4n) is 5.26. The molecule has 0 radical (unpaired) electrons. The highest BCUT2D eigenvalue weighted by molar-refractivity contribution is 5.95. The molecule has 1 amide bonds. The van der Waals surface area contributed by atoms with E-state index in [-0.39, 0.29) is 35.3 Å². The van der Waals surface area contributed by atoms with Crippen molar-refractivity contribution in [2.45, 2.75) is 50.5 Å². The molecule has 1 aromatic heterocycles. The number of fused-ring (bicyclic) bond motifs is 1. The van der Waals surface area contributed by atoms with Crippen LogP contribution in [0.15, 0.2) is 36.4 Å². The van der Waals surface area contributed by atoms with Crippen LogP contribution in [0.2, 0.25) is 0 Å². The zero-order valence-corrected chi connectivity index (χ0v) is 23.6. The van der Waals surface area contributed by atoms with Gasteiger partial charge in [-0.25, -0.2) is 4.39 Å². The maximum Gasteiger partial charge on any atom is 0.406 e. The molecule has 0 bridgehead atoms. The van der Waals surface area contributed by atoms with Crippen LogP contribution in [0.3, 0.4) is 0 Å². The number of alkyl halides is 3. The van der Waals surface area contributed by atoms with Gasteiger partial charge in [0.25, 0.3) is 5.91 Å². The molecule has 3 aromatic rings. The van der Waals surface area contributed by atoms with Crippen LogP contribution < -0.4 is 20.7 Å². The number of halogens is 4. The Balaban J connectivity index is 1.57. The monoisotopic (exact) mass is 573 g/mol. The highest BCUT2D eigenvalue weighted by Gasteiger charge is 2.30. The third-order valence-corrected chi connectivity index (χ3v) is 7.41. The minimum absolute atomic E-state index is 0.00286. The summed E-state index contributed by atoms with van der Waals surface area (Å²) < 4.78 is 61.6. The van der Waals surface area contributed by atoms with Gasteiger partial charge < -0.3 is 30.2 Å². The summed E-state index contributed by atoms with van der Waals surface area (Å²) in [4.78, 5) is 14.1. The van der Waals surface area contributed by atoms with Crippen LogP contribution in [-0.2, 0) is 6.54 Å². The molecule has 0 spiro atoms. The summed E-state index contributed by atoms with van der Waals surface area (Å²) in [6.45, 7) is -1.17. The second-order valence-electron chi connectivity index (χ2n) is 10.3. The molecule has 1 heterocycles. The molecule has 0 saturated heterocycles. The second kappa shape index (κ2) is 12.7. The first-order valence-electron chi connectivity index (χ1n) is 13.4. The van der Waals surface area contributed by atoms with Crippen molar-refractivity contribution in [2.24, 2.45) is 0 Å². The van der Waals surface area contributed by atoms with Crippen LogP contribution in [0.25, 0.3) is 10.9 Å². The van der Waals surface area contributed by atoms with Crippen molar-refractivity contribution in [3.05, 3.63) is 53.5 Å². The van der Waals surface area contributed by atoms with Crippen molar-refractivity contribution in [1.82, 2.24) is 14.8 Å². The molecule has 0 aliphatic heterocycles. The van der Waals surface area contributed by atoms with Crippen molar-refractivity contribution in [3.63, 3.8) is 0 Å². The fraction of sp³-hybridized carbons (Fsp3) is 0.433. The second-order valence-corrected chi connectivity index (χ2v) is 10.3. The van der Waals surface area contributed by atoms with Gasteiger partial charge in [0.15, 0.2) is 0 Å².